The van der Waals surface area contributed by atoms with Crippen LogP contribution in [-0.2, 0) is 28.6 Å². The molecule has 440 valence electrons. The number of hydrogen-bond donors (Lipinski definition) is 0. The summed E-state index contributed by atoms with van der Waals surface area (Å²) in [6, 6.07) is 0. The van der Waals surface area contributed by atoms with E-state index >= 15 is 0 Å². The fourth-order valence-electron chi connectivity index (χ4n) is 8.88. The van der Waals surface area contributed by atoms with Gasteiger partial charge in [-0.3, -0.25) is 14.4 Å². The summed E-state index contributed by atoms with van der Waals surface area (Å²) in [5.74, 6) is -0.935. The number of carbonyl (C=O) groups is 3. The number of ether oxygens (including phenoxy) is 3. The van der Waals surface area contributed by atoms with Crippen LogP contribution in [0.1, 0.15) is 303 Å². The van der Waals surface area contributed by atoms with Gasteiger partial charge in [-0.1, -0.05) is 265 Å². The van der Waals surface area contributed by atoms with Gasteiger partial charge in [0.1, 0.15) is 13.2 Å². The molecule has 6 nitrogen and oxygen atoms in total. The van der Waals surface area contributed by atoms with Crippen molar-refractivity contribution in [2.24, 2.45) is 0 Å². The van der Waals surface area contributed by atoms with E-state index in [2.05, 4.69) is 130 Å². The van der Waals surface area contributed by atoms with Crippen molar-refractivity contribution in [2.45, 2.75) is 309 Å². The van der Waals surface area contributed by atoms with E-state index in [4.69, 9.17) is 14.2 Å². The third-order valence-corrected chi connectivity index (χ3v) is 13.7. The summed E-state index contributed by atoms with van der Waals surface area (Å²) in [6.45, 7) is 6.49. The summed E-state index contributed by atoms with van der Waals surface area (Å²) in [4.78, 5) is 38.3. The van der Waals surface area contributed by atoms with Gasteiger partial charge in [-0.15, -0.1) is 0 Å². The lowest BCUT2D eigenvalue weighted by Gasteiger charge is -2.18. The monoisotopic (exact) mass is 1070 g/mol. The Kier molecular flexibility index (Phi) is 61.3. The van der Waals surface area contributed by atoms with Crippen molar-refractivity contribution >= 4 is 17.9 Å². The Morgan fingerprint density at radius 1 is 0.273 bits per heavy atom. The standard InChI is InChI=1S/C71H120O6/c1-4-7-10-13-16-19-22-25-28-30-32-33-34-35-36-37-39-40-43-46-49-52-55-58-61-64-70(73)76-67-68(66-75-69(72)63-60-57-54-51-48-45-42-27-24-21-18-15-12-9-6-3)77-71(74)65-62-59-56-53-50-47-44-41-38-31-29-26-23-20-17-14-11-8-5-2/h8,11,17,20,22,25-27,29-30,32,34-35,38,41-42,47,50,68H,4-7,9-10,12-16,18-19,21,23-24,28,31,33,36-37,39-40,43-46,48-49,51-67H2,1-3H3/b11-8-,20-17-,25-22-,29-26-,32-30-,35-34-,41-38-,42-27-,50-47-. The lowest BCUT2D eigenvalue weighted by atomic mass is 10.1. The molecular weight excluding hydrogens is 949 g/mol. The van der Waals surface area contributed by atoms with Crippen molar-refractivity contribution in [3.63, 3.8) is 0 Å². The smallest absolute Gasteiger partial charge is 0.306 e. The van der Waals surface area contributed by atoms with Gasteiger partial charge >= 0.3 is 17.9 Å². The molecule has 1 atom stereocenters. The summed E-state index contributed by atoms with van der Waals surface area (Å²) >= 11 is 0. The lowest BCUT2D eigenvalue weighted by Crippen LogP contribution is -2.30. The first kappa shape index (κ1) is 73.1. The second kappa shape index (κ2) is 64.6. The molecule has 0 bridgehead atoms. The molecule has 0 fully saturated rings. The Morgan fingerprint density at radius 3 is 0.818 bits per heavy atom. The van der Waals surface area contributed by atoms with Crippen LogP contribution in [0, 0.1) is 0 Å². The minimum Gasteiger partial charge on any atom is -0.462 e. The highest BCUT2D eigenvalue weighted by molar-refractivity contribution is 5.71. The Bertz CT molecular complexity index is 1560. The van der Waals surface area contributed by atoms with Gasteiger partial charge in [0.25, 0.3) is 0 Å². The van der Waals surface area contributed by atoms with Crippen LogP contribution in [0.5, 0.6) is 0 Å². The minimum atomic E-state index is -0.804. The maximum absolute atomic E-state index is 12.9. The molecule has 0 heterocycles. The summed E-state index contributed by atoms with van der Waals surface area (Å²) in [7, 11) is 0. The van der Waals surface area contributed by atoms with E-state index in [1.165, 1.54) is 148 Å². The van der Waals surface area contributed by atoms with Gasteiger partial charge in [0.2, 0.25) is 0 Å². The van der Waals surface area contributed by atoms with E-state index in [0.717, 1.165) is 116 Å². The van der Waals surface area contributed by atoms with Crippen LogP contribution in [0.15, 0.2) is 109 Å². The molecule has 0 aromatic heterocycles. The van der Waals surface area contributed by atoms with E-state index < -0.39 is 6.10 Å². The molecule has 0 N–H and O–H groups in total. The summed E-state index contributed by atoms with van der Waals surface area (Å²) in [6.07, 6.45) is 88.0. The normalized spacial score (nSPS) is 12.8. The maximum Gasteiger partial charge on any atom is 0.306 e. The van der Waals surface area contributed by atoms with Crippen LogP contribution in [-0.4, -0.2) is 37.2 Å². The average Bonchev–Trinajstić information content (AvgIpc) is 3.43. The predicted octanol–water partition coefficient (Wildman–Crippen LogP) is 22.2. The number of unbranched alkanes of at least 4 members (excludes halogenated alkanes) is 29. The molecule has 0 saturated heterocycles. The zero-order chi connectivity index (χ0) is 55.7. The zero-order valence-electron chi connectivity index (χ0n) is 50.4. The summed E-state index contributed by atoms with van der Waals surface area (Å²) in [5.41, 5.74) is 0. The molecule has 0 amide bonds. The van der Waals surface area contributed by atoms with Gasteiger partial charge in [0.05, 0.1) is 0 Å². The third kappa shape index (κ3) is 62.8. The van der Waals surface area contributed by atoms with Crippen molar-refractivity contribution in [1.29, 1.82) is 0 Å². The highest BCUT2D eigenvalue weighted by Gasteiger charge is 2.19. The highest BCUT2D eigenvalue weighted by Crippen LogP contribution is 2.15. The molecule has 0 spiro atoms. The number of esters is 3. The highest BCUT2D eigenvalue weighted by atomic mass is 16.6. The van der Waals surface area contributed by atoms with Crippen molar-refractivity contribution in [3.8, 4) is 0 Å². The predicted molar refractivity (Wildman–Crippen MR) is 334 cm³/mol. The Morgan fingerprint density at radius 2 is 0.506 bits per heavy atom. The molecule has 77 heavy (non-hydrogen) atoms. The zero-order valence-corrected chi connectivity index (χ0v) is 50.4. The first-order chi connectivity index (χ1) is 38.0. The maximum atomic E-state index is 12.9. The number of hydrogen-bond acceptors (Lipinski definition) is 6. The molecule has 0 rings (SSSR count). The SMILES string of the molecule is CC/C=C\C/C=C\C/C=C\C/C=C\C/C=C\CCCCCC(=O)OC(COC(=O)CCCCCCC/C=C\CCCCCCCC)COC(=O)CCCCCCCCCCCC/C=C\C/C=C\C/C=C\CCCCCCC. The lowest BCUT2D eigenvalue weighted by molar-refractivity contribution is -0.167. The van der Waals surface area contributed by atoms with E-state index in [-0.39, 0.29) is 37.5 Å². The minimum absolute atomic E-state index is 0.0968. The van der Waals surface area contributed by atoms with Crippen LogP contribution in [0.25, 0.3) is 0 Å². The summed E-state index contributed by atoms with van der Waals surface area (Å²) < 4.78 is 16.9. The van der Waals surface area contributed by atoms with Crippen molar-refractivity contribution in [3.05, 3.63) is 109 Å². The van der Waals surface area contributed by atoms with Crippen LogP contribution >= 0.6 is 0 Å². The molecule has 0 saturated carbocycles. The van der Waals surface area contributed by atoms with Crippen LogP contribution in [0.3, 0.4) is 0 Å². The number of rotatable bonds is 58. The topological polar surface area (TPSA) is 78.9 Å². The largest absolute Gasteiger partial charge is 0.462 e. The average molecular weight is 1070 g/mol. The molecule has 6 heteroatoms. The molecule has 0 aromatic carbocycles. The van der Waals surface area contributed by atoms with Crippen LogP contribution in [0.4, 0.5) is 0 Å². The van der Waals surface area contributed by atoms with E-state index in [1.807, 2.05) is 0 Å². The Balaban J connectivity index is 4.41. The first-order valence-corrected chi connectivity index (χ1v) is 32.4. The molecule has 0 aliphatic rings. The first-order valence-electron chi connectivity index (χ1n) is 32.4. The molecular formula is C71H120O6. The molecule has 0 radical (unpaired) electrons. The Labute approximate surface area is 476 Å². The van der Waals surface area contributed by atoms with E-state index in [1.54, 1.807) is 0 Å². The Hall–Kier alpha value is -3.93. The quantitative estimate of drug-likeness (QED) is 0.0261. The summed E-state index contributed by atoms with van der Waals surface area (Å²) in [5, 5.41) is 0. The fourth-order valence-corrected chi connectivity index (χ4v) is 8.88. The molecule has 0 aromatic rings. The second-order valence-corrected chi connectivity index (χ2v) is 21.3. The van der Waals surface area contributed by atoms with Crippen molar-refractivity contribution in [1.82, 2.24) is 0 Å². The van der Waals surface area contributed by atoms with Crippen LogP contribution in [0.2, 0.25) is 0 Å². The van der Waals surface area contributed by atoms with Gasteiger partial charge in [-0.2, -0.15) is 0 Å². The van der Waals surface area contributed by atoms with E-state index in [0.29, 0.717) is 12.8 Å². The molecule has 0 aliphatic carbocycles. The van der Waals surface area contributed by atoms with Crippen molar-refractivity contribution < 1.29 is 28.6 Å². The number of carbonyl (C=O) groups excluding carboxylic acids is 3. The van der Waals surface area contributed by atoms with Gasteiger partial charge in [0, 0.05) is 19.3 Å². The number of allylic oxidation sites excluding steroid dienone is 18. The fraction of sp³-hybridized carbons (Fsp3) is 0.704. The third-order valence-electron chi connectivity index (χ3n) is 13.7. The van der Waals surface area contributed by atoms with Gasteiger partial charge in [-0.05, 0) is 128 Å². The van der Waals surface area contributed by atoms with Gasteiger partial charge in [-0.25, -0.2) is 0 Å². The van der Waals surface area contributed by atoms with Gasteiger partial charge in [0.15, 0.2) is 6.10 Å². The molecule has 1 unspecified atom stereocenters. The second-order valence-electron chi connectivity index (χ2n) is 21.3. The van der Waals surface area contributed by atoms with Crippen LogP contribution < -0.4 is 0 Å². The van der Waals surface area contributed by atoms with E-state index in [9.17, 15) is 14.4 Å². The molecule has 0 aliphatic heterocycles. The van der Waals surface area contributed by atoms with Gasteiger partial charge < -0.3 is 14.2 Å². The van der Waals surface area contributed by atoms with Crippen molar-refractivity contribution in [2.75, 3.05) is 13.2 Å².